The van der Waals surface area contributed by atoms with Crippen LogP contribution in [0.25, 0.3) is 5.82 Å². The van der Waals surface area contributed by atoms with Gasteiger partial charge in [-0.05, 0) is 19.1 Å². The summed E-state index contributed by atoms with van der Waals surface area (Å²) in [5, 5.41) is 0. The van der Waals surface area contributed by atoms with E-state index in [1.165, 1.54) is 17.7 Å². The van der Waals surface area contributed by atoms with Crippen LogP contribution in [0.2, 0.25) is 0 Å². The lowest BCUT2D eigenvalue weighted by molar-refractivity contribution is 0.384. The SMILES string of the molecule is Cc1ccc(S(=O)(=O)N2CCN(c3cc(-n4ccnc4)ncn3)CC2)s1. The summed E-state index contributed by atoms with van der Waals surface area (Å²) in [6.45, 7) is 3.95. The van der Waals surface area contributed by atoms with Crippen LogP contribution in [0.1, 0.15) is 4.88 Å². The van der Waals surface area contributed by atoms with Crippen LogP contribution in [0.4, 0.5) is 5.82 Å². The lowest BCUT2D eigenvalue weighted by atomic mass is 10.3. The van der Waals surface area contributed by atoms with Gasteiger partial charge in [-0.2, -0.15) is 4.31 Å². The minimum Gasteiger partial charge on any atom is -0.354 e. The first kappa shape index (κ1) is 17.1. The first-order chi connectivity index (χ1) is 12.5. The van der Waals surface area contributed by atoms with Gasteiger partial charge in [0.2, 0.25) is 0 Å². The maximum Gasteiger partial charge on any atom is 0.252 e. The molecule has 0 saturated carbocycles. The highest BCUT2D eigenvalue weighted by molar-refractivity contribution is 7.91. The van der Waals surface area contributed by atoms with Gasteiger partial charge < -0.3 is 4.90 Å². The molecule has 4 rings (SSSR count). The van der Waals surface area contributed by atoms with E-state index in [1.54, 1.807) is 22.9 Å². The molecular formula is C16H18N6O2S2. The maximum atomic E-state index is 12.7. The van der Waals surface area contributed by atoms with Gasteiger partial charge in [0.05, 0.1) is 0 Å². The van der Waals surface area contributed by atoms with Crippen molar-refractivity contribution < 1.29 is 8.42 Å². The molecule has 0 bridgehead atoms. The van der Waals surface area contributed by atoms with E-state index in [0.29, 0.717) is 30.4 Å². The molecule has 26 heavy (non-hydrogen) atoms. The Labute approximate surface area is 155 Å². The molecular weight excluding hydrogens is 372 g/mol. The smallest absolute Gasteiger partial charge is 0.252 e. The fourth-order valence-corrected chi connectivity index (χ4v) is 5.74. The number of anilines is 1. The summed E-state index contributed by atoms with van der Waals surface area (Å²) >= 11 is 1.31. The second-order valence-electron chi connectivity index (χ2n) is 5.96. The zero-order chi connectivity index (χ0) is 18.1. The third-order valence-corrected chi connectivity index (χ3v) is 7.65. The number of thiophene rings is 1. The quantitative estimate of drug-likeness (QED) is 0.672. The van der Waals surface area contributed by atoms with Crippen molar-refractivity contribution in [2.75, 3.05) is 31.1 Å². The Balaban J connectivity index is 1.48. The van der Waals surface area contributed by atoms with Crippen LogP contribution in [-0.2, 0) is 10.0 Å². The molecule has 4 heterocycles. The predicted octanol–water partition coefficient (Wildman–Crippen LogP) is 1.54. The van der Waals surface area contributed by atoms with Crippen molar-refractivity contribution in [3.05, 3.63) is 48.1 Å². The average molecular weight is 390 g/mol. The molecule has 3 aromatic rings. The third-order valence-electron chi connectivity index (χ3n) is 4.28. The minimum absolute atomic E-state index is 0.410. The predicted molar refractivity (Wildman–Crippen MR) is 99.2 cm³/mol. The molecule has 0 radical (unpaired) electrons. The van der Waals surface area contributed by atoms with Crippen molar-refractivity contribution in [1.29, 1.82) is 0 Å². The molecule has 0 aromatic carbocycles. The van der Waals surface area contributed by atoms with Gasteiger partial charge in [-0.15, -0.1) is 11.3 Å². The lowest BCUT2D eigenvalue weighted by Gasteiger charge is -2.34. The van der Waals surface area contributed by atoms with Gasteiger partial charge in [-0.25, -0.2) is 23.4 Å². The van der Waals surface area contributed by atoms with Gasteiger partial charge in [0.15, 0.2) is 0 Å². The second kappa shape index (κ2) is 6.78. The lowest BCUT2D eigenvalue weighted by Crippen LogP contribution is -2.48. The first-order valence-corrected chi connectivity index (χ1v) is 10.4. The van der Waals surface area contributed by atoms with E-state index < -0.39 is 10.0 Å². The first-order valence-electron chi connectivity index (χ1n) is 8.16. The minimum atomic E-state index is -3.41. The zero-order valence-corrected chi connectivity index (χ0v) is 15.8. The standard InChI is InChI=1S/C16H18N6O2S2/c1-13-2-3-16(25-13)26(23,24)22-8-6-20(7-9-22)14-10-15(19-11-18-14)21-5-4-17-12-21/h2-5,10-12H,6-9H2,1H3. The Morgan fingerprint density at radius 1 is 1.08 bits per heavy atom. The number of rotatable bonds is 4. The number of hydrogen-bond acceptors (Lipinski definition) is 7. The Morgan fingerprint density at radius 3 is 2.50 bits per heavy atom. The summed E-state index contributed by atoms with van der Waals surface area (Å²) < 4.78 is 29.2. The number of piperazine rings is 1. The number of aromatic nitrogens is 4. The summed E-state index contributed by atoms with van der Waals surface area (Å²) in [6, 6.07) is 5.41. The third kappa shape index (κ3) is 3.22. The van der Waals surface area contributed by atoms with Crippen LogP contribution in [-0.4, -0.2) is 58.4 Å². The summed E-state index contributed by atoms with van der Waals surface area (Å²) in [5.74, 6) is 1.52. The largest absolute Gasteiger partial charge is 0.354 e. The number of aryl methyl sites for hydroxylation is 1. The van der Waals surface area contributed by atoms with Gasteiger partial charge >= 0.3 is 0 Å². The van der Waals surface area contributed by atoms with E-state index in [-0.39, 0.29) is 0 Å². The molecule has 136 valence electrons. The Bertz CT molecular complexity index is 991. The molecule has 0 unspecified atom stereocenters. The van der Waals surface area contributed by atoms with Crippen molar-refractivity contribution in [2.24, 2.45) is 0 Å². The van der Waals surface area contributed by atoms with Crippen LogP contribution in [0.15, 0.2) is 47.5 Å². The van der Waals surface area contributed by atoms with Gasteiger partial charge in [-0.3, -0.25) is 4.57 Å². The molecule has 3 aromatic heterocycles. The molecule has 10 heteroatoms. The molecule has 8 nitrogen and oxygen atoms in total. The number of sulfonamides is 1. The molecule has 0 spiro atoms. The van der Waals surface area contributed by atoms with E-state index in [4.69, 9.17) is 0 Å². The van der Waals surface area contributed by atoms with Crippen LogP contribution in [0.3, 0.4) is 0 Å². The normalized spacial score (nSPS) is 16.1. The number of imidazole rings is 1. The molecule has 0 N–H and O–H groups in total. The van der Waals surface area contributed by atoms with Crippen LogP contribution >= 0.6 is 11.3 Å². The highest BCUT2D eigenvalue weighted by atomic mass is 32.2. The summed E-state index contributed by atoms with van der Waals surface area (Å²) in [7, 11) is -3.41. The van der Waals surface area contributed by atoms with Crippen molar-refractivity contribution in [3.63, 3.8) is 0 Å². The van der Waals surface area contributed by atoms with Crippen LogP contribution < -0.4 is 4.90 Å². The molecule has 1 saturated heterocycles. The Kier molecular flexibility index (Phi) is 4.47. The summed E-state index contributed by atoms with van der Waals surface area (Å²) in [4.78, 5) is 15.7. The highest BCUT2D eigenvalue weighted by Gasteiger charge is 2.30. The molecule has 1 aliphatic rings. The van der Waals surface area contributed by atoms with Gasteiger partial charge in [0.1, 0.15) is 28.5 Å². The molecule has 0 aliphatic carbocycles. The Morgan fingerprint density at radius 2 is 1.85 bits per heavy atom. The molecule has 0 amide bonds. The second-order valence-corrected chi connectivity index (χ2v) is 9.41. The fourth-order valence-electron chi connectivity index (χ4n) is 2.88. The van der Waals surface area contributed by atoms with Crippen molar-refractivity contribution in [2.45, 2.75) is 11.1 Å². The van der Waals surface area contributed by atoms with Gasteiger partial charge in [-0.1, -0.05) is 0 Å². The fraction of sp³-hybridized carbons (Fsp3) is 0.312. The Hall–Kier alpha value is -2.30. The molecule has 0 atom stereocenters. The van der Waals surface area contributed by atoms with Gasteiger partial charge in [0.25, 0.3) is 10.0 Å². The van der Waals surface area contributed by atoms with Crippen molar-refractivity contribution in [3.8, 4) is 5.82 Å². The summed E-state index contributed by atoms with van der Waals surface area (Å²) in [6.07, 6.45) is 6.71. The zero-order valence-electron chi connectivity index (χ0n) is 14.2. The van der Waals surface area contributed by atoms with E-state index >= 15 is 0 Å². The van der Waals surface area contributed by atoms with Crippen molar-refractivity contribution >= 4 is 27.2 Å². The van der Waals surface area contributed by atoms with Crippen LogP contribution in [0.5, 0.6) is 0 Å². The highest BCUT2D eigenvalue weighted by Crippen LogP contribution is 2.26. The average Bonchev–Trinajstić information content (AvgIpc) is 3.34. The van der Waals surface area contributed by atoms with E-state index in [9.17, 15) is 8.42 Å². The van der Waals surface area contributed by atoms with Crippen LogP contribution in [0, 0.1) is 6.92 Å². The topological polar surface area (TPSA) is 84.2 Å². The monoisotopic (exact) mass is 390 g/mol. The molecule has 1 fully saturated rings. The maximum absolute atomic E-state index is 12.7. The van der Waals surface area contributed by atoms with E-state index in [1.807, 2.05) is 29.8 Å². The summed E-state index contributed by atoms with van der Waals surface area (Å²) in [5.41, 5.74) is 0. The van der Waals surface area contributed by atoms with E-state index in [0.717, 1.165) is 16.5 Å². The van der Waals surface area contributed by atoms with Gasteiger partial charge in [0, 0.05) is 49.5 Å². The number of hydrogen-bond donors (Lipinski definition) is 0. The molecule has 1 aliphatic heterocycles. The number of nitrogens with zero attached hydrogens (tertiary/aromatic N) is 6. The van der Waals surface area contributed by atoms with Crippen molar-refractivity contribution in [1.82, 2.24) is 23.8 Å². The van der Waals surface area contributed by atoms with E-state index in [2.05, 4.69) is 19.9 Å².